The molecule has 0 aliphatic carbocycles. The van der Waals surface area contributed by atoms with Gasteiger partial charge in [-0.15, -0.1) is 0 Å². The molecule has 118 valence electrons. The van der Waals surface area contributed by atoms with Crippen molar-refractivity contribution in [3.63, 3.8) is 0 Å². The van der Waals surface area contributed by atoms with E-state index in [4.69, 9.17) is 9.47 Å². The molecule has 0 bridgehead atoms. The minimum atomic E-state index is 0.0579. The van der Waals surface area contributed by atoms with Crippen LogP contribution in [0.1, 0.15) is 19.4 Å². The van der Waals surface area contributed by atoms with Gasteiger partial charge >= 0.3 is 0 Å². The third kappa shape index (κ3) is 4.31. The Morgan fingerprint density at radius 1 is 1.18 bits per heavy atom. The maximum Gasteiger partial charge on any atom is 0.166 e. The largest absolute Gasteiger partial charge is 0.508 e. The Morgan fingerprint density at radius 2 is 1.86 bits per heavy atom. The van der Waals surface area contributed by atoms with E-state index in [2.05, 4.69) is 21.2 Å². The van der Waals surface area contributed by atoms with Gasteiger partial charge in [0.2, 0.25) is 0 Å². The zero-order valence-corrected chi connectivity index (χ0v) is 14.5. The summed E-state index contributed by atoms with van der Waals surface area (Å²) in [4.78, 5) is 0. The average Bonchev–Trinajstić information content (AvgIpc) is 2.48. The van der Waals surface area contributed by atoms with E-state index >= 15 is 0 Å². The van der Waals surface area contributed by atoms with Crippen molar-refractivity contribution in [3.05, 3.63) is 46.4 Å². The Hall–Kier alpha value is -1.88. The summed E-state index contributed by atoms with van der Waals surface area (Å²) in [5.74, 6) is 1.69. The topological polar surface area (TPSA) is 50.7 Å². The Bertz CT molecular complexity index is 627. The van der Waals surface area contributed by atoms with Crippen LogP contribution < -0.4 is 14.8 Å². The molecule has 0 atom stereocenters. The number of hydrogen-bond acceptors (Lipinski definition) is 4. The highest BCUT2D eigenvalue weighted by molar-refractivity contribution is 9.10. The zero-order valence-electron chi connectivity index (χ0n) is 12.9. The number of phenolic OH excluding ortho intramolecular Hbond substituents is 1. The number of benzene rings is 2. The molecule has 2 N–H and O–H groups in total. The molecule has 0 amide bonds. The van der Waals surface area contributed by atoms with Gasteiger partial charge in [0.05, 0.1) is 13.2 Å². The van der Waals surface area contributed by atoms with Crippen LogP contribution in [0.3, 0.4) is 0 Å². The molecular formula is C17H20BrNO3. The summed E-state index contributed by atoms with van der Waals surface area (Å²) in [5, 5.41) is 12.6. The van der Waals surface area contributed by atoms with Gasteiger partial charge in [0.25, 0.3) is 0 Å². The monoisotopic (exact) mass is 365 g/mol. The molecule has 0 aliphatic heterocycles. The Labute approximate surface area is 139 Å². The van der Waals surface area contributed by atoms with Gasteiger partial charge in [-0.25, -0.2) is 0 Å². The van der Waals surface area contributed by atoms with Crippen LogP contribution in [0.2, 0.25) is 0 Å². The average molecular weight is 366 g/mol. The molecular weight excluding hydrogens is 346 g/mol. The lowest BCUT2D eigenvalue weighted by Gasteiger charge is -2.18. The second kappa shape index (κ2) is 7.40. The minimum absolute atomic E-state index is 0.0579. The van der Waals surface area contributed by atoms with E-state index in [0.717, 1.165) is 21.5 Å². The molecule has 2 rings (SSSR count). The van der Waals surface area contributed by atoms with Crippen molar-refractivity contribution in [3.8, 4) is 17.2 Å². The number of ether oxygens (including phenoxy) is 2. The molecule has 22 heavy (non-hydrogen) atoms. The van der Waals surface area contributed by atoms with Crippen molar-refractivity contribution in [1.29, 1.82) is 0 Å². The fourth-order valence-electron chi connectivity index (χ4n) is 2.05. The van der Waals surface area contributed by atoms with E-state index in [0.29, 0.717) is 12.3 Å². The Balaban J connectivity index is 2.24. The predicted molar refractivity (Wildman–Crippen MR) is 91.9 cm³/mol. The number of rotatable bonds is 6. The third-order valence-electron chi connectivity index (χ3n) is 3.02. The van der Waals surface area contributed by atoms with Gasteiger partial charge < -0.3 is 19.9 Å². The van der Waals surface area contributed by atoms with Crippen LogP contribution in [0, 0.1) is 0 Å². The first-order valence-electron chi connectivity index (χ1n) is 7.05. The molecule has 0 heterocycles. The van der Waals surface area contributed by atoms with Crippen LogP contribution in [-0.2, 0) is 6.54 Å². The number of methoxy groups -OCH3 is 1. The first-order chi connectivity index (χ1) is 10.5. The summed E-state index contributed by atoms with van der Waals surface area (Å²) >= 11 is 3.49. The number of nitrogens with one attached hydrogen (secondary N) is 1. The fraction of sp³-hybridized carbons (Fsp3) is 0.294. The Kier molecular flexibility index (Phi) is 5.55. The lowest BCUT2D eigenvalue weighted by Crippen LogP contribution is -2.10. The number of phenols is 1. The molecule has 0 saturated heterocycles. The summed E-state index contributed by atoms with van der Waals surface area (Å²) in [7, 11) is 1.63. The molecule has 0 unspecified atom stereocenters. The molecule has 0 spiro atoms. The summed E-state index contributed by atoms with van der Waals surface area (Å²) < 4.78 is 12.3. The van der Waals surface area contributed by atoms with Gasteiger partial charge in [-0.3, -0.25) is 0 Å². The summed E-state index contributed by atoms with van der Waals surface area (Å²) in [6, 6.07) is 10.8. The van der Waals surface area contributed by atoms with Crippen molar-refractivity contribution >= 4 is 21.6 Å². The van der Waals surface area contributed by atoms with Crippen LogP contribution in [0.5, 0.6) is 17.2 Å². The predicted octanol–water partition coefficient (Wildman–Crippen LogP) is 4.56. The fourth-order valence-corrected chi connectivity index (χ4v) is 2.54. The highest BCUT2D eigenvalue weighted by Crippen LogP contribution is 2.36. The van der Waals surface area contributed by atoms with E-state index < -0.39 is 0 Å². The van der Waals surface area contributed by atoms with Crippen molar-refractivity contribution in [2.45, 2.75) is 26.5 Å². The van der Waals surface area contributed by atoms with Gasteiger partial charge in [0.1, 0.15) is 5.75 Å². The smallest absolute Gasteiger partial charge is 0.166 e. The van der Waals surface area contributed by atoms with Crippen LogP contribution in [0.25, 0.3) is 0 Å². The number of halogens is 1. The van der Waals surface area contributed by atoms with Crippen molar-refractivity contribution in [2.75, 3.05) is 12.4 Å². The van der Waals surface area contributed by atoms with Gasteiger partial charge in [-0.05, 0) is 50.2 Å². The van der Waals surface area contributed by atoms with E-state index in [-0.39, 0.29) is 11.9 Å². The SMILES string of the molecule is COc1cc(Br)cc(CNc2ccc(O)cc2)c1OC(C)C. The normalized spacial score (nSPS) is 10.6. The first-order valence-corrected chi connectivity index (χ1v) is 7.85. The highest BCUT2D eigenvalue weighted by Gasteiger charge is 2.14. The van der Waals surface area contributed by atoms with Gasteiger partial charge in [-0.2, -0.15) is 0 Å². The highest BCUT2D eigenvalue weighted by atomic mass is 79.9. The van der Waals surface area contributed by atoms with Crippen molar-refractivity contribution in [2.24, 2.45) is 0 Å². The van der Waals surface area contributed by atoms with Crippen LogP contribution in [0.15, 0.2) is 40.9 Å². The Morgan fingerprint density at radius 3 is 2.45 bits per heavy atom. The molecule has 2 aromatic carbocycles. The second-order valence-electron chi connectivity index (χ2n) is 5.16. The van der Waals surface area contributed by atoms with E-state index in [1.165, 1.54) is 0 Å². The molecule has 0 radical (unpaired) electrons. The van der Waals surface area contributed by atoms with Crippen LogP contribution >= 0.6 is 15.9 Å². The maximum absolute atomic E-state index is 9.32. The van der Waals surface area contributed by atoms with E-state index in [9.17, 15) is 5.11 Å². The molecule has 4 nitrogen and oxygen atoms in total. The number of hydrogen-bond donors (Lipinski definition) is 2. The summed E-state index contributed by atoms with van der Waals surface area (Å²) in [6.07, 6.45) is 0.0579. The lowest BCUT2D eigenvalue weighted by atomic mass is 10.1. The third-order valence-corrected chi connectivity index (χ3v) is 3.48. The lowest BCUT2D eigenvalue weighted by molar-refractivity contribution is 0.228. The summed E-state index contributed by atoms with van der Waals surface area (Å²) in [6.45, 7) is 4.56. The van der Waals surface area contributed by atoms with Crippen LogP contribution in [-0.4, -0.2) is 18.3 Å². The van der Waals surface area contributed by atoms with Crippen LogP contribution in [0.4, 0.5) is 5.69 Å². The van der Waals surface area contributed by atoms with Gasteiger partial charge in [0, 0.05) is 22.3 Å². The molecule has 0 aromatic heterocycles. The van der Waals surface area contributed by atoms with Crippen molar-refractivity contribution in [1.82, 2.24) is 0 Å². The van der Waals surface area contributed by atoms with Gasteiger partial charge in [-0.1, -0.05) is 15.9 Å². The maximum atomic E-state index is 9.32. The molecule has 2 aromatic rings. The number of anilines is 1. The second-order valence-corrected chi connectivity index (χ2v) is 6.08. The number of aromatic hydroxyl groups is 1. The minimum Gasteiger partial charge on any atom is -0.508 e. The van der Waals surface area contributed by atoms with Gasteiger partial charge in [0.15, 0.2) is 11.5 Å². The van der Waals surface area contributed by atoms with Crippen molar-refractivity contribution < 1.29 is 14.6 Å². The standard InChI is InChI=1S/C17H20BrNO3/c1-11(2)22-17-12(8-13(18)9-16(17)21-3)10-19-14-4-6-15(20)7-5-14/h4-9,11,19-20H,10H2,1-3H3. The van der Waals surface area contributed by atoms with E-state index in [1.54, 1.807) is 19.2 Å². The summed E-state index contributed by atoms with van der Waals surface area (Å²) in [5.41, 5.74) is 1.92. The molecule has 0 saturated carbocycles. The quantitative estimate of drug-likeness (QED) is 0.736. The first kappa shape index (κ1) is 16.5. The van der Waals surface area contributed by atoms with E-state index in [1.807, 2.05) is 38.1 Å². The molecule has 0 aliphatic rings. The zero-order chi connectivity index (χ0) is 16.1. The molecule has 0 fully saturated rings. The molecule has 5 heteroatoms.